The molecule has 6 atom stereocenters. The molecule has 0 amide bonds. The first-order valence-electron chi connectivity index (χ1n) is 38.4. The maximum atomic E-state index is 13.1. The molecule has 3 aliphatic carbocycles. The van der Waals surface area contributed by atoms with Crippen LogP contribution in [0.3, 0.4) is 0 Å². The second kappa shape index (κ2) is 45.2. The van der Waals surface area contributed by atoms with E-state index in [0.29, 0.717) is 101 Å². The van der Waals surface area contributed by atoms with E-state index in [4.69, 9.17) is 46.4 Å². The summed E-state index contributed by atoms with van der Waals surface area (Å²) in [5.41, 5.74) is 9.85. The van der Waals surface area contributed by atoms with Gasteiger partial charge in [0.1, 0.15) is 64.5 Å². The van der Waals surface area contributed by atoms with Gasteiger partial charge in [-0.2, -0.15) is 0 Å². The van der Waals surface area contributed by atoms with Crippen molar-refractivity contribution in [2.24, 2.45) is 0 Å². The molecule has 3 fully saturated rings. The third-order valence-corrected chi connectivity index (χ3v) is 18.3. The van der Waals surface area contributed by atoms with E-state index in [-0.39, 0.29) is 72.6 Å². The van der Waals surface area contributed by atoms with E-state index in [2.05, 4.69) is 58.6 Å². The predicted molar refractivity (Wildman–Crippen MR) is 425 cm³/mol. The molecule has 111 heavy (non-hydrogen) atoms. The number of carboxylic acids is 1. The standard InChI is InChI=1S/C29H34FNO5.C25H26FNO5.C16H18FNO3.C13H17BrO2.2C3H8/c1-19-7-5-8-21(26(19)28(32)36-29(2,3)4)16-33-24-9-6-10-25(15-24)34-17-23-18-35-27(31-23)20-11-13-22(30)14-12-20;1-16-4-2-5-18(23(16)25(28)29)13-30-21-6-3-7-22(12-21)31-14-20-15-32-24(27-20)17-8-10-19(26)11-9-17;17-12-6-4-11(5-7-12)16-18-13(10-21-16)9-20-15-3-1-2-14(19)8-15;1-9-6-5-7-10(8-14)11(9)12(15)16-13(2,3)4;2*1-3-2/h5,7-8,11-14,18,24-25H,6,9-10,15-17H2,1-4H3;2,4-5,8-11,15,21-22H,3,6-7,12-14H2,1H3,(H,28,29);4-7,10,14-15,19H,1-3,8-9H2;5-7H,8H2,1-4H3;2*3H2,1-2H3/t24-,25+;21-,22+;14-,15+;;;/m111.../s1. The molecule has 0 radical (unpaired) electrons. The number of carbonyl (C=O) groups is 3. The molecule has 3 saturated carbocycles. The van der Waals surface area contributed by atoms with Crippen molar-refractivity contribution in [3.63, 3.8) is 0 Å². The monoisotopic (exact) mass is 1600 g/mol. The zero-order valence-electron chi connectivity index (χ0n) is 66.5. The molecule has 3 heterocycles. The fourth-order valence-electron chi connectivity index (χ4n) is 12.5. The first-order valence-corrected chi connectivity index (χ1v) is 39.6. The summed E-state index contributed by atoms with van der Waals surface area (Å²) >= 11 is 3.38. The van der Waals surface area contributed by atoms with Gasteiger partial charge in [0.2, 0.25) is 17.7 Å². The number of aryl methyl sites for hydroxylation is 3. The first-order chi connectivity index (χ1) is 53.0. The lowest BCUT2D eigenvalue weighted by molar-refractivity contribution is -0.0565. The van der Waals surface area contributed by atoms with Crippen LogP contribution in [-0.4, -0.2) is 90.9 Å². The number of carboxylic acid groups (broad SMARTS) is 1. The van der Waals surface area contributed by atoms with Gasteiger partial charge in [-0.1, -0.05) is 111 Å². The second-order valence-electron chi connectivity index (χ2n) is 30.0. The lowest BCUT2D eigenvalue weighted by atomic mass is 9.94. The van der Waals surface area contributed by atoms with Crippen molar-refractivity contribution in [3.8, 4) is 34.4 Å². The molecule has 3 aliphatic rings. The van der Waals surface area contributed by atoms with Crippen LogP contribution in [-0.2, 0) is 71.5 Å². The number of oxazole rings is 3. The Labute approximate surface area is 660 Å². The van der Waals surface area contributed by atoms with Gasteiger partial charge in [0.25, 0.3) is 0 Å². The SMILES string of the molecule is CCC.CCC.Cc1cccc(CBr)c1C(=O)OC(C)(C)C.Cc1cccc(CO[C@@H]2CCC[C@H](OCc3coc(-c4ccc(F)cc4)n3)C2)c1C(=O)O.Cc1cccc(CO[C@@H]2CCC[C@H](OCc3coc(-c4ccc(F)cc4)n3)C2)c1C(=O)OC(C)(C)C.O[C@@H]1CCC[C@H](OCc2coc(-c3ccc(F)cc3)n2)C1. The van der Waals surface area contributed by atoms with Crippen molar-refractivity contribution < 1.29 is 84.2 Å². The number of aromatic carboxylic acids is 1. The molecule has 6 aromatic carbocycles. The molecule has 3 aromatic heterocycles. The third kappa shape index (κ3) is 30.4. The van der Waals surface area contributed by atoms with Gasteiger partial charge in [0.15, 0.2) is 0 Å². The summed E-state index contributed by atoms with van der Waals surface area (Å²) in [7, 11) is 0. The number of carbonyl (C=O) groups excluding carboxylic acids is 2. The van der Waals surface area contributed by atoms with Crippen LogP contribution in [0.5, 0.6) is 0 Å². The van der Waals surface area contributed by atoms with Crippen LogP contribution >= 0.6 is 15.9 Å². The minimum atomic E-state index is -0.931. The summed E-state index contributed by atoms with van der Waals surface area (Å²) in [4.78, 5) is 49.6. The minimum absolute atomic E-state index is 0.0167. The summed E-state index contributed by atoms with van der Waals surface area (Å²) in [6.45, 7) is 27.0. The zero-order chi connectivity index (χ0) is 80.6. The number of esters is 2. The summed E-state index contributed by atoms with van der Waals surface area (Å²) < 4.78 is 96.8. The van der Waals surface area contributed by atoms with Gasteiger partial charge >= 0.3 is 17.9 Å². The summed E-state index contributed by atoms with van der Waals surface area (Å²) in [6, 6.07) is 35.0. The number of halogens is 4. The first kappa shape index (κ1) is 89.6. The topological polar surface area (TPSA) is 234 Å². The Hall–Kier alpha value is -8.61. The van der Waals surface area contributed by atoms with Crippen LogP contribution in [0.1, 0.15) is 241 Å². The largest absolute Gasteiger partial charge is 0.478 e. The van der Waals surface area contributed by atoms with Crippen molar-refractivity contribution in [2.45, 2.75) is 266 Å². The number of nitrogens with zero attached hydrogens (tertiary/aromatic N) is 3. The Balaban J connectivity index is 0.000000208. The van der Waals surface area contributed by atoms with E-state index in [0.717, 1.165) is 110 Å². The lowest BCUT2D eigenvalue weighted by Gasteiger charge is -2.29. The van der Waals surface area contributed by atoms with Crippen LogP contribution in [0.15, 0.2) is 159 Å². The van der Waals surface area contributed by atoms with Gasteiger partial charge in [0, 0.05) is 22.0 Å². The van der Waals surface area contributed by atoms with Crippen molar-refractivity contribution in [1.82, 2.24) is 15.0 Å². The van der Waals surface area contributed by atoms with Gasteiger partial charge in [-0.25, -0.2) is 42.5 Å². The number of aliphatic hydroxyl groups is 1. The summed E-state index contributed by atoms with van der Waals surface area (Å²) in [5, 5.41) is 19.7. The molecular formula is C89H111BrF3N3O15. The Morgan fingerprint density at radius 1 is 0.432 bits per heavy atom. The number of hydrogen-bond donors (Lipinski definition) is 2. The van der Waals surface area contributed by atoms with Gasteiger partial charge in [-0.3, -0.25) is 0 Å². The van der Waals surface area contributed by atoms with Gasteiger partial charge < -0.3 is 56.6 Å². The van der Waals surface area contributed by atoms with Crippen molar-refractivity contribution in [2.75, 3.05) is 0 Å². The third-order valence-electron chi connectivity index (χ3n) is 17.7. The quantitative estimate of drug-likeness (QED) is 0.0474. The zero-order valence-corrected chi connectivity index (χ0v) is 68.1. The molecule has 0 saturated heterocycles. The maximum Gasteiger partial charge on any atom is 0.339 e. The number of aromatic nitrogens is 3. The van der Waals surface area contributed by atoms with E-state index < -0.39 is 17.2 Å². The average molecular weight is 1600 g/mol. The molecule has 0 spiro atoms. The van der Waals surface area contributed by atoms with Crippen LogP contribution < -0.4 is 0 Å². The minimum Gasteiger partial charge on any atom is -0.478 e. The fraction of sp³-hybridized carbons (Fsp3) is 0.461. The summed E-state index contributed by atoms with van der Waals surface area (Å²) in [5.74, 6) is -1.07. The molecule has 12 rings (SSSR count). The fourth-order valence-corrected chi connectivity index (χ4v) is 13.0. The predicted octanol–water partition coefficient (Wildman–Crippen LogP) is 22.3. The van der Waals surface area contributed by atoms with Gasteiger partial charge in [-0.05, 0) is 246 Å². The Morgan fingerprint density at radius 3 is 1.04 bits per heavy atom. The second-order valence-corrected chi connectivity index (χ2v) is 30.5. The Kier molecular flexibility index (Phi) is 36.5. The molecule has 2 N–H and O–H groups in total. The van der Waals surface area contributed by atoms with Crippen molar-refractivity contribution in [1.29, 1.82) is 0 Å². The lowest BCUT2D eigenvalue weighted by Crippen LogP contribution is -2.29. The van der Waals surface area contributed by atoms with E-state index >= 15 is 0 Å². The number of hydrogen-bond acceptors (Lipinski definition) is 17. The van der Waals surface area contributed by atoms with E-state index in [9.17, 15) is 37.8 Å². The molecule has 600 valence electrons. The normalized spacial score (nSPS) is 17.5. The van der Waals surface area contributed by atoms with Crippen LogP contribution in [0.2, 0.25) is 0 Å². The molecule has 18 nitrogen and oxygen atoms in total. The highest BCUT2D eigenvalue weighted by molar-refractivity contribution is 9.08. The highest BCUT2D eigenvalue weighted by atomic mass is 79.9. The Bertz CT molecular complexity index is 4280. The van der Waals surface area contributed by atoms with E-state index in [1.165, 1.54) is 49.2 Å². The number of benzene rings is 6. The van der Waals surface area contributed by atoms with E-state index in [1.807, 2.05) is 97.9 Å². The molecule has 0 bridgehead atoms. The smallest absolute Gasteiger partial charge is 0.339 e. The van der Waals surface area contributed by atoms with Crippen molar-refractivity contribution in [3.05, 3.63) is 231 Å². The molecule has 9 aromatic rings. The van der Waals surface area contributed by atoms with Crippen LogP contribution in [0.4, 0.5) is 13.2 Å². The van der Waals surface area contributed by atoms with Crippen LogP contribution in [0, 0.1) is 38.2 Å². The molecular weight excluding hydrogens is 1490 g/mol. The van der Waals surface area contributed by atoms with Gasteiger partial charge in [-0.15, -0.1) is 0 Å². The van der Waals surface area contributed by atoms with Gasteiger partial charge in [0.05, 0.1) is 86.3 Å². The maximum absolute atomic E-state index is 13.1. The highest BCUT2D eigenvalue weighted by Gasteiger charge is 2.29. The molecule has 0 aliphatic heterocycles. The number of aliphatic hydroxyl groups excluding tert-OH is 1. The number of alkyl halides is 1. The number of rotatable bonds is 22. The average Bonchev–Trinajstić information content (AvgIpc) is 1.82. The van der Waals surface area contributed by atoms with Crippen LogP contribution in [0.25, 0.3) is 34.4 Å². The molecule has 0 unspecified atom stereocenters. The highest BCUT2D eigenvalue weighted by Crippen LogP contribution is 2.32. The number of ether oxygens (including phenoxy) is 7. The Morgan fingerprint density at radius 2 is 0.721 bits per heavy atom. The molecule has 22 heteroatoms. The van der Waals surface area contributed by atoms with E-state index in [1.54, 1.807) is 74.2 Å². The van der Waals surface area contributed by atoms with Crippen molar-refractivity contribution >= 4 is 33.8 Å². The summed E-state index contributed by atoms with van der Waals surface area (Å²) in [6.07, 6.45) is 17.9.